The Labute approximate surface area is 84.0 Å². The smallest absolute Gasteiger partial charge is 0.101 e. The molecule has 4 rings (SSSR count). The third kappa shape index (κ3) is 1.24. The quantitative estimate of drug-likeness (QED) is 0.587. The summed E-state index contributed by atoms with van der Waals surface area (Å²) in [6, 6.07) is 0. The second-order valence-electron chi connectivity index (χ2n) is 4.61. The van der Waals surface area contributed by atoms with Gasteiger partial charge in [0.05, 0.1) is 11.4 Å². The van der Waals surface area contributed by atoms with Crippen molar-refractivity contribution in [3.05, 3.63) is 0 Å². The zero-order valence-corrected chi connectivity index (χ0v) is 8.98. The largest absolute Gasteiger partial charge is 0.366 e. The van der Waals surface area contributed by atoms with Crippen molar-refractivity contribution in [1.82, 2.24) is 4.90 Å². The monoisotopic (exact) mass is 199 g/mol. The topological polar surface area (TPSA) is 12.5 Å². The van der Waals surface area contributed by atoms with E-state index in [1.54, 1.807) is 0 Å². The first kappa shape index (κ1) is 8.57. The van der Waals surface area contributed by atoms with Crippen LogP contribution in [0.5, 0.6) is 0 Å². The summed E-state index contributed by atoms with van der Waals surface area (Å²) in [4.78, 5) is 2.62. The van der Waals surface area contributed by atoms with Crippen LogP contribution in [0.15, 0.2) is 0 Å². The molecule has 0 aliphatic carbocycles. The second kappa shape index (κ2) is 2.88. The van der Waals surface area contributed by atoms with Gasteiger partial charge in [-0.2, -0.15) is 0 Å². The molecule has 0 saturated carbocycles. The highest BCUT2D eigenvalue weighted by Gasteiger charge is 2.51. The van der Waals surface area contributed by atoms with Crippen molar-refractivity contribution in [3.8, 4) is 0 Å². The van der Waals surface area contributed by atoms with Crippen LogP contribution in [0, 0.1) is 5.92 Å². The number of rotatable bonds is 0. The summed E-state index contributed by atoms with van der Waals surface area (Å²) < 4.78 is 6.22. The third-order valence-electron chi connectivity index (χ3n) is 3.79. The average Bonchev–Trinajstić information content (AvgIpc) is 2.49. The molecule has 13 heavy (non-hydrogen) atoms. The molecule has 0 aromatic rings. The molecule has 0 N–H and O–H groups in total. The van der Waals surface area contributed by atoms with E-state index < -0.39 is 0 Å². The minimum Gasteiger partial charge on any atom is -0.366 e. The maximum absolute atomic E-state index is 5.74. The van der Waals surface area contributed by atoms with Crippen LogP contribution in [-0.2, 0) is 4.74 Å². The number of hydrogen-bond acceptors (Lipinski definition) is 3. The van der Waals surface area contributed by atoms with Crippen LogP contribution >= 0.6 is 11.8 Å². The molecule has 4 aliphatic rings. The highest BCUT2D eigenvalue weighted by Crippen LogP contribution is 2.50. The Morgan fingerprint density at radius 3 is 2.62 bits per heavy atom. The van der Waals surface area contributed by atoms with Gasteiger partial charge in [-0.25, -0.2) is 0 Å². The van der Waals surface area contributed by atoms with E-state index in [9.17, 15) is 0 Å². The van der Waals surface area contributed by atoms with Gasteiger partial charge in [0.15, 0.2) is 0 Å². The van der Waals surface area contributed by atoms with E-state index in [2.05, 4.69) is 23.6 Å². The standard InChI is InChI=1S/C10H17NOS/c1-8-12-7-10(13-8)6-11-4-2-9(10)3-5-11/h8-9H,2-7H2,1H3/t8-,10+/m0/s1. The van der Waals surface area contributed by atoms with Gasteiger partial charge in [-0.15, -0.1) is 11.8 Å². The number of piperidine rings is 3. The van der Waals surface area contributed by atoms with Gasteiger partial charge in [-0.05, 0) is 38.8 Å². The third-order valence-corrected chi connectivity index (χ3v) is 5.30. The minimum atomic E-state index is 0.431. The first-order valence-electron chi connectivity index (χ1n) is 5.30. The number of hydrogen-bond donors (Lipinski definition) is 0. The molecular weight excluding hydrogens is 182 g/mol. The molecule has 0 aromatic heterocycles. The van der Waals surface area contributed by atoms with E-state index in [1.807, 2.05) is 0 Å². The zero-order valence-electron chi connectivity index (χ0n) is 8.16. The van der Waals surface area contributed by atoms with E-state index in [-0.39, 0.29) is 0 Å². The number of ether oxygens (including phenoxy) is 1. The Morgan fingerprint density at radius 1 is 1.38 bits per heavy atom. The van der Waals surface area contributed by atoms with Gasteiger partial charge >= 0.3 is 0 Å². The Morgan fingerprint density at radius 2 is 2.15 bits per heavy atom. The normalized spacial score (nSPS) is 54.7. The Hall–Kier alpha value is 0.270. The van der Waals surface area contributed by atoms with E-state index in [1.165, 1.54) is 32.5 Å². The molecule has 2 bridgehead atoms. The number of thioether (sulfide) groups is 1. The van der Waals surface area contributed by atoms with Crippen molar-refractivity contribution in [3.63, 3.8) is 0 Å². The van der Waals surface area contributed by atoms with E-state index in [4.69, 9.17) is 4.74 Å². The predicted molar refractivity (Wildman–Crippen MR) is 54.9 cm³/mol. The van der Waals surface area contributed by atoms with Crippen LogP contribution in [0.1, 0.15) is 19.8 Å². The summed E-state index contributed by atoms with van der Waals surface area (Å²) in [5.41, 5.74) is 0.431. The number of fused-ring (bicyclic) bond motifs is 2. The fourth-order valence-electron chi connectivity index (χ4n) is 3.08. The predicted octanol–water partition coefficient (Wildman–Crippen LogP) is 1.56. The molecule has 4 saturated heterocycles. The fraction of sp³-hybridized carbons (Fsp3) is 1.00. The molecule has 0 radical (unpaired) electrons. The van der Waals surface area contributed by atoms with Gasteiger partial charge < -0.3 is 9.64 Å². The first-order valence-corrected chi connectivity index (χ1v) is 6.18. The van der Waals surface area contributed by atoms with Crippen molar-refractivity contribution in [2.75, 3.05) is 26.2 Å². The minimum absolute atomic E-state index is 0.431. The van der Waals surface area contributed by atoms with Crippen LogP contribution in [0.2, 0.25) is 0 Å². The summed E-state index contributed by atoms with van der Waals surface area (Å²) >= 11 is 2.09. The van der Waals surface area contributed by atoms with Crippen LogP contribution in [0.3, 0.4) is 0 Å². The molecule has 0 unspecified atom stereocenters. The lowest BCUT2D eigenvalue weighted by Crippen LogP contribution is -2.57. The summed E-state index contributed by atoms with van der Waals surface area (Å²) in [7, 11) is 0. The van der Waals surface area contributed by atoms with Gasteiger partial charge in [0.25, 0.3) is 0 Å². The lowest BCUT2D eigenvalue weighted by Gasteiger charge is -2.50. The molecule has 1 spiro atoms. The number of nitrogens with zero attached hydrogens (tertiary/aromatic N) is 1. The Balaban J connectivity index is 1.83. The highest BCUT2D eigenvalue weighted by molar-refractivity contribution is 8.01. The second-order valence-corrected chi connectivity index (χ2v) is 6.32. The van der Waals surface area contributed by atoms with Gasteiger partial charge in [0, 0.05) is 6.54 Å². The maximum Gasteiger partial charge on any atom is 0.101 e. The van der Waals surface area contributed by atoms with Crippen molar-refractivity contribution >= 4 is 11.8 Å². The lowest BCUT2D eigenvalue weighted by atomic mass is 9.79. The van der Waals surface area contributed by atoms with Crippen LogP contribution in [-0.4, -0.2) is 41.3 Å². The molecule has 2 nitrogen and oxygen atoms in total. The SMILES string of the molecule is C[C@H]1OC[C@@]2(CN3CCC2CC3)S1. The summed E-state index contributed by atoms with van der Waals surface area (Å²) in [5.74, 6) is 0.937. The van der Waals surface area contributed by atoms with Crippen molar-refractivity contribution in [1.29, 1.82) is 0 Å². The molecule has 0 amide bonds. The zero-order chi connectivity index (χ0) is 8.89. The molecule has 0 aromatic carbocycles. The molecular formula is C10H17NOS. The molecule has 4 aliphatic heterocycles. The first-order chi connectivity index (χ1) is 6.28. The molecule has 74 valence electrons. The summed E-state index contributed by atoms with van der Waals surface area (Å²) in [6.45, 7) is 7.15. The molecule has 4 fully saturated rings. The van der Waals surface area contributed by atoms with Gasteiger partial charge in [0.1, 0.15) is 5.44 Å². The van der Waals surface area contributed by atoms with Gasteiger partial charge in [0.2, 0.25) is 0 Å². The van der Waals surface area contributed by atoms with E-state index >= 15 is 0 Å². The summed E-state index contributed by atoms with van der Waals surface area (Å²) in [6.07, 6.45) is 2.81. The lowest BCUT2D eigenvalue weighted by molar-refractivity contribution is 0.0288. The Bertz CT molecular complexity index is 215. The van der Waals surface area contributed by atoms with Gasteiger partial charge in [-0.1, -0.05) is 0 Å². The van der Waals surface area contributed by atoms with Gasteiger partial charge in [-0.3, -0.25) is 0 Å². The average molecular weight is 199 g/mol. The van der Waals surface area contributed by atoms with Crippen molar-refractivity contribution in [2.24, 2.45) is 5.92 Å². The van der Waals surface area contributed by atoms with Crippen LogP contribution < -0.4 is 0 Å². The van der Waals surface area contributed by atoms with E-state index in [0.29, 0.717) is 10.2 Å². The molecule has 3 heteroatoms. The maximum atomic E-state index is 5.74. The fourth-order valence-corrected chi connectivity index (χ4v) is 4.70. The van der Waals surface area contributed by atoms with Crippen LogP contribution in [0.4, 0.5) is 0 Å². The summed E-state index contributed by atoms with van der Waals surface area (Å²) in [5, 5.41) is 0. The van der Waals surface area contributed by atoms with E-state index in [0.717, 1.165) is 12.5 Å². The van der Waals surface area contributed by atoms with Crippen molar-refractivity contribution in [2.45, 2.75) is 29.9 Å². The van der Waals surface area contributed by atoms with Crippen molar-refractivity contribution < 1.29 is 4.74 Å². The highest BCUT2D eigenvalue weighted by atomic mass is 32.2. The Kier molecular flexibility index (Phi) is 1.90. The molecule has 4 heterocycles. The molecule has 2 atom stereocenters. The van der Waals surface area contributed by atoms with Crippen LogP contribution in [0.25, 0.3) is 0 Å².